The van der Waals surface area contributed by atoms with Crippen molar-refractivity contribution < 1.29 is 8.78 Å². The quantitative estimate of drug-likeness (QED) is 0.287. The second kappa shape index (κ2) is 9.96. The fraction of sp³-hybridized carbons (Fsp3) is 0.0385. The summed E-state index contributed by atoms with van der Waals surface area (Å²) in [5.74, 6) is -0.271. The van der Waals surface area contributed by atoms with Gasteiger partial charge in [-0.15, -0.1) is 0 Å². The number of pyridine rings is 2. The fourth-order valence-electron chi connectivity index (χ4n) is 3.53. The van der Waals surface area contributed by atoms with E-state index in [4.69, 9.17) is 27.9 Å². The summed E-state index contributed by atoms with van der Waals surface area (Å²) in [5.41, 5.74) is 10.4. The van der Waals surface area contributed by atoms with Gasteiger partial charge in [0.1, 0.15) is 23.0 Å². The summed E-state index contributed by atoms with van der Waals surface area (Å²) in [6.45, 7) is 0.468. The zero-order valence-electron chi connectivity index (χ0n) is 18.7. The van der Waals surface area contributed by atoms with Crippen LogP contribution in [0.15, 0.2) is 79.1 Å². The van der Waals surface area contributed by atoms with E-state index >= 15 is 0 Å². The van der Waals surface area contributed by atoms with E-state index in [0.29, 0.717) is 56.8 Å². The molecule has 0 amide bonds. The number of hydrogen-bond acceptors (Lipinski definition) is 6. The first-order valence-electron chi connectivity index (χ1n) is 10.9. The number of anilines is 2. The van der Waals surface area contributed by atoms with Gasteiger partial charge in [0.25, 0.3) is 0 Å². The van der Waals surface area contributed by atoms with Gasteiger partial charge in [0, 0.05) is 23.9 Å². The van der Waals surface area contributed by atoms with Gasteiger partial charge in [-0.25, -0.2) is 28.7 Å². The number of nitrogens with one attached hydrogen (secondary N) is 2. The smallest absolute Gasteiger partial charge is 0.178 e. The highest BCUT2D eigenvalue weighted by atomic mass is 32.1. The lowest BCUT2D eigenvalue weighted by molar-refractivity contribution is 0.627. The summed E-state index contributed by atoms with van der Waals surface area (Å²) in [5, 5.41) is 6.58. The number of nitrogens with two attached hydrogens (primary N) is 1. The SMILES string of the molecule is Nc1ccc(CNC(=S)Nc2cnc3nc(-c4ccc(F)cc4)c(-c4ccc(F)cc4)nc3c2)cn1. The Balaban J connectivity index is 1.45. The molecule has 178 valence electrons. The van der Waals surface area contributed by atoms with E-state index in [9.17, 15) is 8.78 Å². The third kappa shape index (κ3) is 5.23. The molecule has 0 bridgehead atoms. The van der Waals surface area contributed by atoms with Crippen molar-refractivity contribution in [3.05, 3.63) is 96.3 Å². The van der Waals surface area contributed by atoms with E-state index in [1.807, 2.05) is 6.07 Å². The van der Waals surface area contributed by atoms with Crippen LogP contribution in [0.2, 0.25) is 0 Å². The fourth-order valence-corrected chi connectivity index (χ4v) is 3.72. The van der Waals surface area contributed by atoms with Crippen LogP contribution in [0.25, 0.3) is 33.7 Å². The molecule has 0 unspecified atom stereocenters. The number of fused-ring (bicyclic) bond motifs is 1. The Morgan fingerprint density at radius 2 is 1.44 bits per heavy atom. The number of halogens is 2. The largest absolute Gasteiger partial charge is 0.384 e. The number of nitrogen functional groups attached to an aromatic ring is 1. The second-order valence-corrected chi connectivity index (χ2v) is 8.31. The lowest BCUT2D eigenvalue weighted by atomic mass is 10.0. The number of benzene rings is 2. The molecule has 0 spiro atoms. The Morgan fingerprint density at radius 3 is 2.06 bits per heavy atom. The molecular weight excluding hydrogens is 480 g/mol. The molecule has 0 atom stereocenters. The number of nitrogens with zero attached hydrogens (tertiary/aromatic N) is 4. The van der Waals surface area contributed by atoms with Gasteiger partial charge < -0.3 is 16.4 Å². The molecule has 5 aromatic rings. The zero-order chi connectivity index (χ0) is 25.1. The van der Waals surface area contributed by atoms with E-state index in [2.05, 4.69) is 20.6 Å². The van der Waals surface area contributed by atoms with Crippen LogP contribution in [-0.4, -0.2) is 25.0 Å². The molecule has 0 aliphatic carbocycles. The molecule has 7 nitrogen and oxygen atoms in total. The van der Waals surface area contributed by atoms with Crippen LogP contribution < -0.4 is 16.4 Å². The van der Waals surface area contributed by atoms with Crippen LogP contribution >= 0.6 is 12.2 Å². The lowest BCUT2D eigenvalue weighted by Crippen LogP contribution is -2.28. The van der Waals surface area contributed by atoms with Gasteiger partial charge in [0.15, 0.2) is 10.8 Å². The molecule has 5 rings (SSSR count). The average molecular weight is 500 g/mol. The van der Waals surface area contributed by atoms with Gasteiger partial charge in [-0.1, -0.05) is 6.07 Å². The molecule has 0 saturated heterocycles. The van der Waals surface area contributed by atoms with Crippen molar-refractivity contribution in [1.82, 2.24) is 25.3 Å². The highest BCUT2D eigenvalue weighted by Crippen LogP contribution is 2.31. The minimum Gasteiger partial charge on any atom is -0.384 e. The van der Waals surface area contributed by atoms with Gasteiger partial charge >= 0.3 is 0 Å². The van der Waals surface area contributed by atoms with Crippen LogP contribution in [0.4, 0.5) is 20.3 Å². The first-order valence-corrected chi connectivity index (χ1v) is 11.3. The molecule has 3 heterocycles. The molecule has 36 heavy (non-hydrogen) atoms. The van der Waals surface area contributed by atoms with Crippen molar-refractivity contribution in [2.24, 2.45) is 0 Å². The molecule has 0 radical (unpaired) electrons. The standard InChI is InChI=1S/C26H19F2N7S/c27-18-6-2-16(3-7-18)23-24(17-4-8-19(28)9-5-17)35-25-21(34-23)11-20(14-31-25)33-26(36)32-13-15-1-10-22(29)30-12-15/h1-12,14H,13H2,(H2,29,30)(H2,32,33,36). The maximum absolute atomic E-state index is 13.6. The Labute approximate surface area is 210 Å². The van der Waals surface area contributed by atoms with E-state index < -0.39 is 0 Å². The third-order valence-corrected chi connectivity index (χ3v) is 5.56. The van der Waals surface area contributed by atoms with Crippen molar-refractivity contribution >= 4 is 40.0 Å². The predicted octanol–water partition coefficient (Wildman–Crippen LogP) is 5.10. The summed E-state index contributed by atoms with van der Waals surface area (Å²) in [4.78, 5) is 18.0. The highest BCUT2D eigenvalue weighted by molar-refractivity contribution is 7.80. The molecule has 0 aliphatic rings. The highest BCUT2D eigenvalue weighted by Gasteiger charge is 2.15. The number of hydrogen-bond donors (Lipinski definition) is 3. The zero-order valence-corrected chi connectivity index (χ0v) is 19.6. The van der Waals surface area contributed by atoms with Crippen LogP contribution in [0.3, 0.4) is 0 Å². The second-order valence-electron chi connectivity index (χ2n) is 7.90. The average Bonchev–Trinajstić information content (AvgIpc) is 2.88. The number of aromatic nitrogens is 4. The van der Waals surface area contributed by atoms with Crippen molar-refractivity contribution in [2.45, 2.75) is 6.54 Å². The summed E-state index contributed by atoms with van der Waals surface area (Å²) < 4.78 is 27.1. The van der Waals surface area contributed by atoms with E-state index in [-0.39, 0.29) is 11.6 Å². The maximum atomic E-state index is 13.6. The molecular formula is C26H19F2N7S. The molecule has 4 N–H and O–H groups in total. The van der Waals surface area contributed by atoms with Crippen LogP contribution in [-0.2, 0) is 6.54 Å². The van der Waals surface area contributed by atoms with Gasteiger partial charge in [0.2, 0.25) is 0 Å². The molecule has 10 heteroatoms. The summed E-state index contributed by atoms with van der Waals surface area (Å²) in [6.07, 6.45) is 3.27. The van der Waals surface area contributed by atoms with Gasteiger partial charge in [0.05, 0.1) is 23.3 Å². The summed E-state index contributed by atoms with van der Waals surface area (Å²) >= 11 is 5.40. The summed E-state index contributed by atoms with van der Waals surface area (Å²) in [7, 11) is 0. The molecule has 0 aliphatic heterocycles. The Bertz CT molecular complexity index is 1540. The van der Waals surface area contributed by atoms with Gasteiger partial charge in [-0.3, -0.25) is 0 Å². The molecule has 0 fully saturated rings. The lowest BCUT2D eigenvalue weighted by Gasteiger charge is -2.13. The van der Waals surface area contributed by atoms with E-state index in [0.717, 1.165) is 5.56 Å². The van der Waals surface area contributed by atoms with Crippen LogP contribution in [0.1, 0.15) is 5.56 Å². The minimum atomic E-state index is -0.361. The van der Waals surface area contributed by atoms with Crippen molar-refractivity contribution in [2.75, 3.05) is 11.1 Å². The third-order valence-electron chi connectivity index (χ3n) is 5.32. The Kier molecular flexibility index (Phi) is 6.42. The molecule has 3 aromatic heterocycles. The number of rotatable bonds is 5. The van der Waals surface area contributed by atoms with Crippen LogP contribution in [0, 0.1) is 11.6 Å². The van der Waals surface area contributed by atoms with Gasteiger partial charge in [-0.2, -0.15) is 0 Å². The normalized spacial score (nSPS) is 10.8. The van der Waals surface area contributed by atoms with E-state index in [1.54, 1.807) is 48.8 Å². The van der Waals surface area contributed by atoms with Crippen molar-refractivity contribution in [3.63, 3.8) is 0 Å². The maximum Gasteiger partial charge on any atom is 0.178 e. The summed E-state index contributed by atoms with van der Waals surface area (Å²) in [6, 6.07) is 17.3. The van der Waals surface area contributed by atoms with Gasteiger partial charge in [-0.05, 0) is 78.4 Å². The van der Waals surface area contributed by atoms with Crippen molar-refractivity contribution in [1.29, 1.82) is 0 Å². The van der Waals surface area contributed by atoms with E-state index in [1.165, 1.54) is 24.3 Å². The minimum absolute atomic E-state index is 0.359. The Hall–Kier alpha value is -4.57. The predicted molar refractivity (Wildman–Crippen MR) is 140 cm³/mol. The molecule has 2 aromatic carbocycles. The topological polar surface area (TPSA) is 102 Å². The first kappa shape index (κ1) is 23.2. The molecule has 0 saturated carbocycles. The van der Waals surface area contributed by atoms with Crippen LogP contribution in [0.5, 0.6) is 0 Å². The monoisotopic (exact) mass is 499 g/mol. The number of thiocarbonyl (C=S) groups is 1. The van der Waals surface area contributed by atoms with Crippen molar-refractivity contribution in [3.8, 4) is 22.5 Å². The Morgan fingerprint density at radius 1 is 0.806 bits per heavy atom. The first-order chi connectivity index (χ1) is 17.4.